The number of rotatable bonds is 4. The molecule has 2 rings (SSSR count). The molecule has 1 saturated carbocycles. The summed E-state index contributed by atoms with van der Waals surface area (Å²) in [5.41, 5.74) is 5.19. The van der Waals surface area contributed by atoms with Gasteiger partial charge >= 0.3 is 6.03 Å². The number of urea groups is 1. The second kappa shape index (κ2) is 9.31. The van der Waals surface area contributed by atoms with Crippen molar-refractivity contribution in [3.05, 3.63) is 30.3 Å². The van der Waals surface area contributed by atoms with E-state index in [-0.39, 0.29) is 6.04 Å². The van der Waals surface area contributed by atoms with Crippen molar-refractivity contribution in [2.75, 3.05) is 5.32 Å². The molecule has 1 aromatic rings. The van der Waals surface area contributed by atoms with Crippen molar-refractivity contribution >= 4 is 29.0 Å². The summed E-state index contributed by atoms with van der Waals surface area (Å²) in [5, 5.41) is 14.7. The minimum Gasteiger partial charge on any atom is -0.331 e. The summed E-state index contributed by atoms with van der Waals surface area (Å²) in [5.74, 6) is 0. The van der Waals surface area contributed by atoms with Crippen molar-refractivity contribution < 1.29 is 4.79 Å². The first-order chi connectivity index (χ1) is 11.9. The zero-order valence-electron chi connectivity index (χ0n) is 14.7. The van der Waals surface area contributed by atoms with E-state index >= 15 is 0 Å². The predicted molar refractivity (Wildman–Crippen MR) is 103 cm³/mol. The van der Waals surface area contributed by atoms with Gasteiger partial charge in [0, 0.05) is 5.69 Å². The molecule has 0 bridgehead atoms. The van der Waals surface area contributed by atoms with E-state index in [9.17, 15) is 4.79 Å². The predicted octanol–water partition coefficient (Wildman–Crippen LogP) is 3.71. The van der Waals surface area contributed by atoms with Gasteiger partial charge in [-0.2, -0.15) is 10.2 Å². The molecule has 7 nitrogen and oxygen atoms in total. The number of carbonyl (C=O) groups is 1. The van der Waals surface area contributed by atoms with Gasteiger partial charge in [-0.05, 0) is 51.0 Å². The molecule has 0 spiro atoms. The monoisotopic (exact) mass is 362 g/mol. The van der Waals surface area contributed by atoms with Crippen LogP contribution < -0.4 is 21.5 Å². The van der Waals surface area contributed by atoms with Gasteiger partial charge in [-0.15, -0.1) is 0 Å². The van der Waals surface area contributed by atoms with Crippen LogP contribution in [0.3, 0.4) is 0 Å². The summed E-state index contributed by atoms with van der Waals surface area (Å²) in [7, 11) is 0. The minimum absolute atomic E-state index is 0.277. The third kappa shape index (κ3) is 7.47. The average molecular weight is 363 g/mol. The van der Waals surface area contributed by atoms with Gasteiger partial charge in [-0.3, -0.25) is 5.43 Å². The normalized spacial score (nSPS) is 15.6. The summed E-state index contributed by atoms with van der Waals surface area (Å²) in [6.07, 6.45) is 5.83. The lowest BCUT2D eigenvalue weighted by Crippen LogP contribution is -2.53. The molecule has 25 heavy (non-hydrogen) atoms. The smallest absolute Gasteiger partial charge is 0.331 e. The van der Waals surface area contributed by atoms with Crippen LogP contribution in [0.1, 0.15) is 46.0 Å². The molecule has 4 N–H and O–H groups in total. The molecular weight excluding hydrogens is 336 g/mol. The number of benzene rings is 1. The third-order valence-electron chi connectivity index (χ3n) is 3.79. The van der Waals surface area contributed by atoms with E-state index in [0.717, 1.165) is 18.5 Å². The molecule has 0 aliphatic heterocycles. The van der Waals surface area contributed by atoms with Crippen molar-refractivity contribution in [1.82, 2.24) is 16.2 Å². The van der Waals surface area contributed by atoms with Crippen molar-refractivity contribution in [3.8, 4) is 0 Å². The topological polar surface area (TPSA) is 89.9 Å². The number of amides is 2. The fourth-order valence-electron chi connectivity index (χ4n) is 2.55. The van der Waals surface area contributed by atoms with Crippen molar-refractivity contribution in [3.63, 3.8) is 0 Å². The molecule has 136 valence electrons. The summed E-state index contributed by atoms with van der Waals surface area (Å²) in [4.78, 5) is 12.0. The van der Waals surface area contributed by atoms with Crippen molar-refractivity contribution in [2.24, 2.45) is 10.2 Å². The Morgan fingerprint density at radius 1 is 1.12 bits per heavy atom. The summed E-state index contributed by atoms with van der Waals surface area (Å²) >= 11 is 5.13. The molecule has 0 radical (unpaired) electrons. The molecule has 1 aliphatic carbocycles. The van der Waals surface area contributed by atoms with Crippen LogP contribution in [0.4, 0.5) is 10.5 Å². The maximum absolute atomic E-state index is 12.0. The van der Waals surface area contributed by atoms with E-state index in [1.165, 1.54) is 19.3 Å². The first-order valence-electron chi connectivity index (χ1n) is 8.57. The van der Waals surface area contributed by atoms with E-state index in [2.05, 4.69) is 31.7 Å². The Morgan fingerprint density at radius 2 is 1.80 bits per heavy atom. The molecule has 0 unspecified atom stereocenters. The van der Waals surface area contributed by atoms with Crippen LogP contribution in [0.15, 0.2) is 40.6 Å². The molecule has 2 amide bonds. The first kappa shape index (κ1) is 19.1. The molecular formula is C17H26N6OS. The van der Waals surface area contributed by atoms with Gasteiger partial charge in [0.15, 0.2) is 5.11 Å². The SMILES string of the molecule is CC(C)(/N=N/C1CCCCC1)NC(=O)NNC(=S)Nc1ccccc1. The molecule has 0 atom stereocenters. The van der Waals surface area contributed by atoms with Gasteiger partial charge in [0.05, 0.1) is 6.04 Å². The highest BCUT2D eigenvalue weighted by molar-refractivity contribution is 7.80. The van der Waals surface area contributed by atoms with Gasteiger partial charge in [0.2, 0.25) is 0 Å². The van der Waals surface area contributed by atoms with E-state index < -0.39 is 11.7 Å². The highest BCUT2D eigenvalue weighted by Gasteiger charge is 2.21. The number of carbonyl (C=O) groups excluding carboxylic acids is 1. The summed E-state index contributed by atoms with van der Waals surface area (Å²) < 4.78 is 0. The molecule has 1 aliphatic rings. The third-order valence-corrected chi connectivity index (χ3v) is 3.99. The Labute approximate surface area is 154 Å². The number of hydrogen-bond donors (Lipinski definition) is 4. The molecule has 8 heteroatoms. The fraction of sp³-hybridized carbons (Fsp3) is 0.529. The largest absolute Gasteiger partial charge is 0.335 e. The number of azo groups is 1. The van der Waals surface area contributed by atoms with Crippen molar-refractivity contribution in [1.29, 1.82) is 0 Å². The number of para-hydroxylation sites is 1. The Morgan fingerprint density at radius 3 is 2.48 bits per heavy atom. The Kier molecular flexibility index (Phi) is 7.12. The van der Waals surface area contributed by atoms with Crippen LogP contribution in [0.2, 0.25) is 0 Å². The number of anilines is 1. The Hall–Kier alpha value is -2.22. The lowest BCUT2D eigenvalue weighted by atomic mass is 9.96. The molecule has 1 aromatic carbocycles. The number of hydrazine groups is 1. The highest BCUT2D eigenvalue weighted by atomic mass is 32.1. The van der Waals surface area contributed by atoms with E-state index in [1.807, 2.05) is 30.3 Å². The van der Waals surface area contributed by atoms with E-state index in [1.54, 1.807) is 13.8 Å². The molecule has 1 fully saturated rings. The zero-order chi connectivity index (χ0) is 18.1. The standard InChI is InChI=1S/C17H26N6OS/c1-17(2,23-20-14-11-7-4-8-12-14)19-15(24)21-22-16(25)18-13-9-5-3-6-10-13/h3,5-6,9-10,14H,4,7-8,11-12H2,1-2H3,(H2,18,22,25)(H2,19,21,24)/b23-20+. The van der Waals surface area contributed by atoms with Crippen LogP contribution >= 0.6 is 12.2 Å². The minimum atomic E-state index is -0.780. The molecule has 0 heterocycles. The van der Waals surface area contributed by atoms with Gasteiger partial charge in [0.25, 0.3) is 0 Å². The number of nitrogens with one attached hydrogen (secondary N) is 4. The fourth-order valence-corrected chi connectivity index (χ4v) is 2.72. The van der Waals surface area contributed by atoms with Gasteiger partial charge in [-0.1, -0.05) is 37.5 Å². The lowest BCUT2D eigenvalue weighted by Gasteiger charge is -2.23. The van der Waals surface area contributed by atoms with E-state index in [4.69, 9.17) is 12.2 Å². The highest BCUT2D eigenvalue weighted by Crippen LogP contribution is 2.21. The van der Waals surface area contributed by atoms with Crippen molar-refractivity contribution in [2.45, 2.75) is 57.7 Å². The van der Waals surface area contributed by atoms with Crippen LogP contribution in [0.25, 0.3) is 0 Å². The van der Waals surface area contributed by atoms with Crippen LogP contribution in [-0.2, 0) is 0 Å². The first-order valence-corrected chi connectivity index (χ1v) is 8.98. The molecule has 0 saturated heterocycles. The average Bonchev–Trinajstić information content (AvgIpc) is 2.60. The number of nitrogens with zero attached hydrogens (tertiary/aromatic N) is 2. The van der Waals surface area contributed by atoms with Gasteiger partial charge in [0.1, 0.15) is 5.66 Å². The summed E-state index contributed by atoms with van der Waals surface area (Å²) in [6.45, 7) is 3.61. The lowest BCUT2D eigenvalue weighted by molar-refractivity contribution is 0.227. The van der Waals surface area contributed by atoms with Crippen LogP contribution in [-0.4, -0.2) is 22.8 Å². The van der Waals surface area contributed by atoms with Crippen LogP contribution in [0, 0.1) is 0 Å². The second-order valence-corrected chi connectivity index (χ2v) is 7.00. The maximum Gasteiger partial charge on any atom is 0.335 e. The summed E-state index contributed by atoms with van der Waals surface area (Å²) in [6, 6.07) is 9.31. The second-order valence-electron chi connectivity index (χ2n) is 6.59. The maximum atomic E-state index is 12.0. The van der Waals surface area contributed by atoms with Gasteiger partial charge in [-0.25, -0.2) is 10.2 Å². The number of hydrogen-bond acceptors (Lipinski definition) is 4. The van der Waals surface area contributed by atoms with Gasteiger partial charge < -0.3 is 10.6 Å². The zero-order valence-corrected chi connectivity index (χ0v) is 15.5. The molecule has 0 aromatic heterocycles. The van der Waals surface area contributed by atoms with Crippen LogP contribution in [0.5, 0.6) is 0 Å². The number of thiocarbonyl (C=S) groups is 1. The Balaban J connectivity index is 1.72. The quantitative estimate of drug-likeness (QED) is 0.373. The van der Waals surface area contributed by atoms with E-state index in [0.29, 0.717) is 5.11 Å². The Bertz CT molecular complexity index is 598.